The van der Waals surface area contributed by atoms with Gasteiger partial charge in [-0.15, -0.1) is 0 Å². The number of carbonyl (C=O) groups is 2. The quantitative estimate of drug-likeness (QED) is 0.890. The first kappa shape index (κ1) is 14.5. The summed E-state index contributed by atoms with van der Waals surface area (Å²) in [6.45, 7) is 3.15. The number of carboxylic acid groups (broad SMARTS) is 1. The highest BCUT2D eigenvalue weighted by Crippen LogP contribution is 2.20. The van der Waals surface area contributed by atoms with Gasteiger partial charge in [-0.2, -0.15) is 0 Å². The number of carboxylic acids is 1. The van der Waals surface area contributed by atoms with E-state index in [0.717, 1.165) is 19.5 Å². The predicted molar refractivity (Wildman–Crippen MR) is 75.3 cm³/mol. The van der Waals surface area contributed by atoms with Crippen LogP contribution in [-0.2, 0) is 22.6 Å². The molecule has 0 fully saturated rings. The van der Waals surface area contributed by atoms with Crippen molar-refractivity contribution in [3.8, 4) is 0 Å². The lowest BCUT2D eigenvalue weighted by Gasteiger charge is -2.34. The number of carbonyl (C=O) groups excluding carboxylic acids is 1. The van der Waals surface area contributed by atoms with Gasteiger partial charge in [0.1, 0.15) is 6.54 Å². The average molecular weight is 276 g/mol. The second kappa shape index (κ2) is 6.05. The van der Waals surface area contributed by atoms with Gasteiger partial charge in [0.25, 0.3) is 0 Å². The zero-order valence-corrected chi connectivity index (χ0v) is 11.9. The fourth-order valence-corrected chi connectivity index (χ4v) is 2.60. The maximum atomic E-state index is 12.2. The van der Waals surface area contributed by atoms with Crippen molar-refractivity contribution in [1.29, 1.82) is 0 Å². The van der Waals surface area contributed by atoms with Gasteiger partial charge < -0.3 is 10.0 Å². The summed E-state index contributed by atoms with van der Waals surface area (Å²) in [5, 5.41) is 8.75. The molecule has 108 valence electrons. The molecule has 0 unspecified atom stereocenters. The highest BCUT2D eigenvalue weighted by atomic mass is 16.4. The van der Waals surface area contributed by atoms with Crippen LogP contribution in [-0.4, -0.2) is 53.0 Å². The standard InChI is InChI=1S/C15H20N2O3/c1-11(15(20)16(2)10-14(18)19)17-8-7-12-5-3-4-6-13(12)9-17/h3-6,11H,7-10H2,1-2H3,(H,18,19)/t11-/m1/s1. The molecule has 1 heterocycles. The van der Waals surface area contributed by atoms with Gasteiger partial charge in [0.05, 0.1) is 6.04 Å². The van der Waals surface area contributed by atoms with Crippen molar-refractivity contribution in [3.63, 3.8) is 0 Å². The summed E-state index contributed by atoms with van der Waals surface area (Å²) in [6, 6.07) is 7.94. The minimum Gasteiger partial charge on any atom is -0.480 e. The number of amides is 1. The Balaban J connectivity index is 2.02. The van der Waals surface area contributed by atoms with E-state index >= 15 is 0 Å². The Morgan fingerprint density at radius 2 is 2.00 bits per heavy atom. The minimum atomic E-state index is -0.989. The van der Waals surface area contributed by atoms with Gasteiger partial charge in [-0.1, -0.05) is 24.3 Å². The summed E-state index contributed by atoms with van der Waals surface area (Å²) >= 11 is 0. The van der Waals surface area contributed by atoms with Crippen LogP contribution in [0.5, 0.6) is 0 Å². The molecule has 1 aromatic rings. The van der Waals surface area contributed by atoms with Crippen molar-refractivity contribution in [2.24, 2.45) is 0 Å². The Hall–Kier alpha value is -1.88. The molecule has 1 atom stereocenters. The van der Waals surface area contributed by atoms with Crippen LogP contribution in [0.3, 0.4) is 0 Å². The summed E-state index contributed by atoms with van der Waals surface area (Å²) in [4.78, 5) is 26.3. The van der Waals surface area contributed by atoms with Gasteiger partial charge in [-0.3, -0.25) is 14.5 Å². The molecule has 0 bridgehead atoms. The van der Waals surface area contributed by atoms with Gasteiger partial charge in [-0.25, -0.2) is 0 Å². The molecule has 2 rings (SSSR count). The van der Waals surface area contributed by atoms with Gasteiger partial charge in [0.15, 0.2) is 0 Å². The van der Waals surface area contributed by atoms with Gasteiger partial charge in [0.2, 0.25) is 5.91 Å². The number of aliphatic carboxylic acids is 1. The van der Waals surface area contributed by atoms with Gasteiger partial charge in [-0.05, 0) is 24.5 Å². The van der Waals surface area contributed by atoms with Crippen LogP contribution in [0.4, 0.5) is 0 Å². The second-order valence-electron chi connectivity index (χ2n) is 5.25. The van der Waals surface area contributed by atoms with Crippen molar-refractivity contribution in [2.75, 3.05) is 20.1 Å². The van der Waals surface area contributed by atoms with Crippen molar-refractivity contribution < 1.29 is 14.7 Å². The van der Waals surface area contributed by atoms with E-state index in [1.165, 1.54) is 23.1 Å². The largest absolute Gasteiger partial charge is 0.480 e. The Morgan fingerprint density at radius 1 is 1.35 bits per heavy atom. The first-order chi connectivity index (χ1) is 9.49. The molecule has 5 heteroatoms. The number of fused-ring (bicyclic) bond motifs is 1. The third-order valence-electron chi connectivity index (χ3n) is 3.81. The highest BCUT2D eigenvalue weighted by molar-refractivity contribution is 5.84. The van der Waals surface area contributed by atoms with E-state index in [4.69, 9.17) is 5.11 Å². The summed E-state index contributed by atoms with van der Waals surface area (Å²) < 4.78 is 0. The van der Waals surface area contributed by atoms with E-state index < -0.39 is 5.97 Å². The van der Waals surface area contributed by atoms with Crippen LogP contribution < -0.4 is 0 Å². The van der Waals surface area contributed by atoms with Gasteiger partial charge >= 0.3 is 5.97 Å². The second-order valence-corrected chi connectivity index (χ2v) is 5.25. The van der Waals surface area contributed by atoms with Crippen molar-refractivity contribution in [3.05, 3.63) is 35.4 Å². The number of nitrogens with zero attached hydrogens (tertiary/aromatic N) is 2. The maximum absolute atomic E-state index is 12.2. The molecular formula is C15H20N2O3. The van der Waals surface area contributed by atoms with Crippen LogP contribution >= 0.6 is 0 Å². The molecule has 1 aromatic carbocycles. The predicted octanol–water partition coefficient (Wildman–Crippen LogP) is 0.976. The molecule has 0 radical (unpaired) electrons. The summed E-state index contributed by atoms with van der Waals surface area (Å²) in [6.07, 6.45) is 0.927. The average Bonchev–Trinajstić information content (AvgIpc) is 2.44. The first-order valence-electron chi connectivity index (χ1n) is 6.76. The van der Waals surface area contributed by atoms with E-state index in [1.54, 1.807) is 0 Å². The Kier molecular flexibility index (Phi) is 4.39. The lowest BCUT2D eigenvalue weighted by atomic mass is 9.98. The number of rotatable bonds is 4. The lowest BCUT2D eigenvalue weighted by molar-refractivity contribution is -0.145. The first-order valence-corrected chi connectivity index (χ1v) is 6.76. The molecule has 1 amide bonds. The fraction of sp³-hybridized carbons (Fsp3) is 0.467. The highest BCUT2D eigenvalue weighted by Gasteiger charge is 2.27. The summed E-state index contributed by atoms with van der Waals surface area (Å²) in [5.41, 5.74) is 2.58. The van der Waals surface area contributed by atoms with Crippen molar-refractivity contribution in [1.82, 2.24) is 9.80 Å². The molecular weight excluding hydrogens is 256 g/mol. The summed E-state index contributed by atoms with van der Waals surface area (Å²) in [7, 11) is 1.53. The third kappa shape index (κ3) is 3.17. The van der Waals surface area contributed by atoms with Gasteiger partial charge in [0, 0.05) is 20.1 Å². The smallest absolute Gasteiger partial charge is 0.323 e. The maximum Gasteiger partial charge on any atom is 0.323 e. The van der Waals surface area contributed by atoms with E-state index in [9.17, 15) is 9.59 Å². The van der Waals surface area contributed by atoms with Crippen molar-refractivity contribution in [2.45, 2.75) is 25.9 Å². The molecule has 0 aliphatic carbocycles. The SMILES string of the molecule is C[C@H](C(=O)N(C)CC(=O)O)N1CCc2ccccc2C1. The fourth-order valence-electron chi connectivity index (χ4n) is 2.60. The molecule has 20 heavy (non-hydrogen) atoms. The van der Waals surface area contributed by atoms with E-state index in [0.29, 0.717) is 0 Å². The zero-order valence-electron chi connectivity index (χ0n) is 11.9. The van der Waals surface area contributed by atoms with Crippen LogP contribution in [0, 0.1) is 0 Å². The molecule has 0 spiro atoms. The van der Waals surface area contributed by atoms with E-state index in [1.807, 2.05) is 19.1 Å². The minimum absolute atomic E-state index is 0.146. The van der Waals surface area contributed by atoms with Crippen LogP contribution in [0.2, 0.25) is 0 Å². The van der Waals surface area contributed by atoms with E-state index in [-0.39, 0.29) is 18.5 Å². The Bertz CT molecular complexity index is 516. The molecule has 1 aliphatic heterocycles. The monoisotopic (exact) mass is 276 g/mol. The normalized spacial score (nSPS) is 16.3. The number of hydrogen-bond donors (Lipinski definition) is 1. The molecule has 0 aromatic heterocycles. The van der Waals surface area contributed by atoms with Crippen molar-refractivity contribution >= 4 is 11.9 Å². The molecule has 5 nitrogen and oxygen atoms in total. The number of benzene rings is 1. The zero-order chi connectivity index (χ0) is 14.7. The molecule has 1 N–H and O–H groups in total. The number of hydrogen-bond acceptors (Lipinski definition) is 3. The Morgan fingerprint density at radius 3 is 2.65 bits per heavy atom. The van der Waals surface area contributed by atoms with E-state index in [2.05, 4.69) is 17.0 Å². The van der Waals surface area contributed by atoms with Crippen LogP contribution in [0.1, 0.15) is 18.1 Å². The molecule has 0 saturated carbocycles. The lowest BCUT2D eigenvalue weighted by Crippen LogP contribution is -2.48. The topological polar surface area (TPSA) is 60.9 Å². The third-order valence-corrected chi connectivity index (χ3v) is 3.81. The van der Waals surface area contributed by atoms with Crippen LogP contribution in [0.25, 0.3) is 0 Å². The molecule has 1 aliphatic rings. The Labute approximate surface area is 118 Å². The van der Waals surface area contributed by atoms with Crippen LogP contribution in [0.15, 0.2) is 24.3 Å². The molecule has 0 saturated heterocycles. The number of likely N-dealkylation sites (N-methyl/N-ethyl adjacent to an activating group) is 1. The summed E-state index contributed by atoms with van der Waals surface area (Å²) in [5.74, 6) is -1.14.